The van der Waals surface area contributed by atoms with Crippen LogP contribution in [0.2, 0.25) is 5.02 Å². The maximum Gasteiger partial charge on any atom is 0.248 e. The first kappa shape index (κ1) is 19.5. The number of phenolic OH excluding ortho intramolecular Hbond substituents is 1. The molecule has 1 heterocycles. The zero-order valence-electron chi connectivity index (χ0n) is 14.3. The van der Waals surface area contributed by atoms with E-state index in [2.05, 4.69) is 5.32 Å². The Morgan fingerprint density at radius 3 is 2.88 bits per heavy atom. The minimum absolute atomic E-state index is 0.0227. The quantitative estimate of drug-likeness (QED) is 0.779. The molecule has 2 rings (SSSR count). The van der Waals surface area contributed by atoms with Gasteiger partial charge in [-0.2, -0.15) is 0 Å². The number of nitrogens with one attached hydrogen (secondary N) is 1. The van der Waals surface area contributed by atoms with E-state index < -0.39 is 0 Å². The van der Waals surface area contributed by atoms with Gasteiger partial charge in [0.2, 0.25) is 11.8 Å². The van der Waals surface area contributed by atoms with Crippen LogP contribution in [0.4, 0.5) is 0 Å². The molecule has 0 radical (unpaired) electrons. The van der Waals surface area contributed by atoms with Crippen molar-refractivity contribution in [3.63, 3.8) is 0 Å². The minimum Gasteiger partial charge on any atom is -0.506 e. The molecule has 25 heavy (non-hydrogen) atoms. The lowest BCUT2D eigenvalue weighted by Crippen LogP contribution is -2.51. The molecule has 1 saturated heterocycles. The number of likely N-dealkylation sites (N-methyl/N-ethyl adjacent to an activating group) is 1. The second-order valence-corrected chi connectivity index (χ2v) is 6.54. The van der Waals surface area contributed by atoms with Gasteiger partial charge in [0, 0.05) is 20.7 Å². The van der Waals surface area contributed by atoms with E-state index in [4.69, 9.17) is 21.1 Å². The summed E-state index contributed by atoms with van der Waals surface area (Å²) in [5.41, 5.74) is 0.692. The summed E-state index contributed by atoms with van der Waals surface area (Å²) >= 11 is 5.85. The van der Waals surface area contributed by atoms with Crippen LogP contribution in [-0.2, 0) is 25.5 Å². The highest BCUT2D eigenvalue weighted by molar-refractivity contribution is 6.32. The van der Waals surface area contributed by atoms with Gasteiger partial charge in [-0.05, 0) is 24.1 Å². The Labute approximate surface area is 151 Å². The molecule has 1 aromatic carbocycles. The molecule has 0 unspecified atom stereocenters. The Balaban J connectivity index is 1.89. The molecule has 0 spiro atoms. The number of phenols is 1. The maximum absolute atomic E-state index is 12.3. The number of ether oxygens (including phenoxy) is 2. The predicted octanol–water partition coefficient (Wildman–Crippen LogP) is 0.967. The Kier molecular flexibility index (Phi) is 7.04. The number of carbonyl (C=O) groups excluding carboxylic acids is 2. The van der Waals surface area contributed by atoms with Gasteiger partial charge in [-0.1, -0.05) is 17.7 Å². The zero-order valence-corrected chi connectivity index (χ0v) is 15.1. The predicted molar refractivity (Wildman–Crippen MR) is 92.6 cm³/mol. The van der Waals surface area contributed by atoms with E-state index in [-0.39, 0.29) is 47.8 Å². The highest BCUT2D eigenvalue weighted by Crippen LogP contribution is 2.23. The third-order valence-electron chi connectivity index (χ3n) is 3.94. The summed E-state index contributed by atoms with van der Waals surface area (Å²) in [4.78, 5) is 25.4. The number of halogens is 1. The van der Waals surface area contributed by atoms with Gasteiger partial charge in [0.25, 0.3) is 0 Å². The van der Waals surface area contributed by atoms with Gasteiger partial charge in [-0.15, -0.1) is 0 Å². The number of benzene rings is 1. The molecule has 1 aromatic rings. The van der Waals surface area contributed by atoms with Gasteiger partial charge in [-0.3, -0.25) is 9.59 Å². The van der Waals surface area contributed by atoms with Gasteiger partial charge < -0.3 is 24.8 Å². The molecule has 0 saturated carbocycles. The summed E-state index contributed by atoms with van der Waals surface area (Å²) < 4.78 is 11.1. The van der Waals surface area contributed by atoms with Crippen LogP contribution in [0.25, 0.3) is 0 Å². The largest absolute Gasteiger partial charge is 0.506 e. The Bertz CT molecular complexity index is 623. The van der Waals surface area contributed by atoms with Crippen molar-refractivity contribution < 1.29 is 24.2 Å². The topological polar surface area (TPSA) is 88.1 Å². The summed E-state index contributed by atoms with van der Waals surface area (Å²) in [7, 11) is 3.33. The fraction of sp³-hybridized carbons (Fsp3) is 0.529. The number of nitrogens with zero attached hydrogens (tertiary/aromatic N) is 1. The molecule has 0 bridgehead atoms. The van der Waals surface area contributed by atoms with E-state index in [1.54, 1.807) is 26.2 Å². The van der Waals surface area contributed by atoms with Gasteiger partial charge >= 0.3 is 0 Å². The number of aromatic hydroxyl groups is 1. The van der Waals surface area contributed by atoms with Crippen molar-refractivity contribution in [2.24, 2.45) is 0 Å². The van der Waals surface area contributed by atoms with Crippen molar-refractivity contribution in [2.45, 2.75) is 25.0 Å². The summed E-state index contributed by atoms with van der Waals surface area (Å²) in [6.07, 6.45) is 0.460. The van der Waals surface area contributed by atoms with Crippen LogP contribution in [0.3, 0.4) is 0 Å². The number of rotatable bonds is 6. The third kappa shape index (κ3) is 5.88. The van der Waals surface area contributed by atoms with E-state index in [1.165, 1.54) is 11.0 Å². The van der Waals surface area contributed by atoms with Crippen LogP contribution in [0.1, 0.15) is 12.0 Å². The second-order valence-electron chi connectivity index (χ2n) is 6.14. The van der Waals surface area contributed by atoms with Crippen LogP contribution in [-0.4, -0.2) is 67.9 Å². The molecule has 7 nitrogen and oxygen atoms in total. The van der Waals surface area contributed by atoms with E-state index >= 15 is 0 Å². The Morgan fingerprint density at radius 2 is 2.20 bits per heavy atom. The first-order valence-corrected chi connectivity index (χ1v) is 8.41. The molecule has 1 fully saturated rings. The highest BCUT2D eigenvalue weighted by atomic mass is 35.5. The molecule has 2 amide bonds. The van der Waals surface area contributed by atoms with Crippen molar-refractivity contribution in [1.82, 2.24) is 10.2 Å². The van der Waals surface area contributed by atoms with Crippen LogP contribution in [0, 0.1) is 0 Å². The first-order chi connectivity index (χ1) is 11.9. The lowest BCUT2D eigenvalue weighted by molar-refractivity contribution is -0.140. The van der Waals surface area contributed by atoms with Gasteiger partial charge in [0.15, 0.2) is 0 Å². The molecule has 2 atom stereocenters. The van der Waals surface area contributed by atoms with Crippen molar-refractivity contribution in [3.8, 4) is 5.75 Å². The third-order valence-corrected chi connectivity index (χ3v) is 4.24. The van der Waals surface area contributed by atoms with Gasteiger partial charge in [-0.25, -0.2) is 0 Å². The molecule has 2 N–H and O–H groups in total. The normalized spacial score (nSPS) is 20.1. The van der Waals surface area contributed by atoms with Crippen molar-refractivity contribution in [1.29, 1.82) is 0 Å². The molecular formula is C17H23ClN2O5. The zero-order chi connectivity index (χ0) is 18.4. The Morgan fingerprint density at radius 1 is 1.44 bits per heavy atom. The fourth-order valence-corrected chi connectivity index (χ4v) is 2.67. The summed E-state index contributed by atoms with van der Waals surface area (Å²) in [6, 6.07) is 4.33. The van der Waals surface area contributed by atoms with Crippen LogP contribution >= 0.6 is 11.6 Å². The number of hydrogen-bond acceptors (Lipinski definition) is 5. The molecule has 138 valence electrons. The first-order valence-electron chi connectivity index (χ1n) is 8.03. The monoisotopic (exact) mass is 370 g/mol. The van der Waals surface area contributed by atoms with E-state index in [0.717, 1.165) is 0 Å². The van der Waals surface area contributed by atoms with Crippen LogP contribution in [0.5, 0.6) is 5.75 Å². The van der Waals surface area contributed by atoms with Crippen LogP contribution < -0.4 is 5.32 Å². The van der Waals surface area contributed by atoms with Crippen molar-refractivity contribution in [3.05, 3.63) is 28.8 Å². The SMILES string of the molecule is CN(C)C(=O)CO[C@@H]1CCOC[C@@H]1NC(=O)Cc1ccc(O)c(Cl)c1. The average molecular weight is 371 g/mol. The second kappa shape index (κ2) is 9.03. The molecule has 1 aliphatic rings. The molecule has 8 heteroatoms. The minimum atomic E-state index is -0.316. The molecular weight excluding hydrogens is 348 g/mol. The standard InChI is InChI=1S/C17H23ClN2O5/c1-20(2)17(23)10-25-15-5-6-24-9-13(15)19-16(22)8-11-3-4-14(21)12(18)7-11/h3-4,7,13,15,21H,5-6,8-10H2,1-2H3,(H,19,22)/t13-,15+/m0/s1. The van der Waals surface area contributed by atoms with E-state index in [0.29, 0.717) is 25.2 Å². The van der Waals surface area contributed by atoms with Crippen molar-refractivity contribution in [2.75, 3.05) is 33.9 Å². The Hall–Kier alpha value is -1.83. The lowest BCUT2D eigenvalue weighted by Gasteiger charge is -2.32. The number of carbonyl (C=O) groups is 2. The summed E-state index contributed by atoms with van der Waals surface area (Å²) in [5.74, 6) is -0.356. The number of hydrogen-bond donors (Lipinski definition) is 2. The highest BCUT2D eigenvalue weighted by Gasteiger charge is 2.28. The lowest BCUT2D eigenvalue weighted by atomic mass is 10.1. The molecule has 1 aliphatic heterocycles. The molecule has 0 aliphatic carbocycles. The van der Waals surface area contributed by atoms with Crippen LogP contribution in [0.15, 0.2) is 18.2 Å². The average Bonchev–Trinajstić information content (AvgIpc) is 2.57. The van der Waals surface area contributed by atoms with E-state index in [1.807, 2.05) is 0 Å². The van der Waals surface area contributed by atoms with E-state index in [9.17, 15) is 14.7 Å². The summed E-state index contributed by atoms with van der Waals surface area (Å²) in [6.45, 7) is 0.835. The van der Waals surface area contributed by atoms with Crippen molar-refractivity contribution >= 4 is 23.4 Å². The fourth-order valence-electron chi connectivity index (χ4n) is 2.46. The van der Waals surface area contributed by atoms with Gasteiger partial charge in [0.1, 0.15) is 12.4 Å². The summed E-state index contributed by atoms with van der Waals surface area (Å²) in [5, 5.41) is 12.5. The van der Waals surface area contributed by atoms with Gasteiger partial charge in [0.05, 0.1) is 30.2 Å². The smallest absolute Gasteiger partial charge is 0.248 e. The number of amides is 2. The maximum atomic E-state index is 12.3. The molecule has 0 aromatic heterocycles.